The molecule has 0 aliphatic rings. The van der Waals surface area contributed by atoms with Gasteiger partial charge in [-0.15, -0.1) is 11.3 Å². The lowest BCUT2D eigenvalue weighted by Crippen LogP contribution is -2.32. The van der Waals surface area contributed by atoms with Crippen LogP contribution >= 0.6 is 35.2 Å². The summed E-state index contributed by atoms with van der Waals surface area (Å²) >= 11 is 12.7. The van der Waals surface area contributed by atoms with Crippen LogP contribution in [0.4, 0.5) is 0 Å². The van der Waals surface area contributed by atoms with Crippen molar-refractivity contribution in [2.45, 2.75) is 19.4 Å². The fourth-order valence-electron chi connectivity index (χ4n) is 2.49. The van der Waals surface area contributed by atoms with E-state index in [1.165, 1.54) is 0 Å². The third kappa shape index (κ3) is 4.18. The van der Waals surface area contributed by atoms with E-state index in [1.54, 1.807) is 15.9 Å². The minimum Gasteiger partial charge on any atom is -0.354 e. The molecule has 2 heterocycles. The molecular weight excluding hydrogens is 376 g/mol. The van der Waals surface area contributed by atoms with Crippen molar-refractivity contribution in [1.29, 1.82) is 0 Å². The second-order valence-electron chi connectivity index (χ2n) is 5.54. The molecule has 2 N–H and O–H groups in total. The van der Waals surface area contributed by atoms with E-state index in [0.717, 1.165) is 16.9 Å². The van der Waals surface area contributed by atoms with Gasteiger partial charge in [0.1, 0.15) is 6.04 Å². The smallest absolute Gasteiger partial charge is 0.242 e. The van der Waals surface area contributed by atoms with Crippen LogP contribution in [0, 0.1) is 4.77 Å². The Balaban J connectivity index is 1.66. The second kappa shape index (κ2) is 7.95. The molecule has 25 heavy (non-hydrogen) atoms. The highest BCUT2D eigenvalue weighted by Gasteiger charge is 2.20. The third-order valence-corrected chi connectivity index (χ3v) is 5.24. The van der Waals surface area contributed by atoms with E-state index in [9.17, 15) is 4.79 Å². The van der Waals surface area contributed by atoms with E-state index in [4.69, 9.17) is 23.8 Å². The third-order valence-electron chi connectivity index (χ3n) is 3.84. The molecule has 0 radical (unpaired) electrons. The summed E-state index contributed by atoms with van der Waals surface area (Å²) in [6.45, 7) is 2.37. The highest BCUT2D eigenvalue weighted by Crippen LogP contribution is 2.25. The number of nitrogens with zero attached hydrogens (tertiary/aromatic N) is 2. The molecule has 1 atom stereocenters. The number of benzene rings is 1. The number of amides is 1. The average molecular weight is 393 g/mol. The number of nitrogens with one attached hydrogen (secondary N) is 2. The first-order chi connectivity index (χ1) is 12.1. The quantitative estimate of drug-likeness (QED) is 0.616. The lowest BCUT2D eigenvalue weighted by atomic mass is 10.1. The summed E-state index contributed by atoms with van der Waals surface area (Å²) in [6.07, 6.45) is 0.740. The number of thiophene rings is 1. The van der Waals surface area contributed by atoms with Crippen molar-refractivity contribution >= 4 is 41.1 Å². The molecule has 8 heteroatoms. The SMILES string of the molecule is C[C@H](C(=O)NCCc1ccc(Cl)cc1)n1c(-c2cccs2)n[nH]c1=S. The molecule has 1 amide bonds. The summed E-state index contributed by atoms with van der Waals surface area (Å²) < 4.78 is 2.18. The molecule has 3 rings (SSSR count). The Morgan fingerprint density at radius 1 is 1.40 bits per heavy atom. The number of hydrogen-bond donors (Lipinski definition) is 2. The van der Waals surface area contributed by atoms with E-state index in [2.05, 4.69) is 15.5 Å². The van der Waals surface area contributed by atoms with Crippen LogP contribution in [0.25, 0.3) is 10.7 Å². The molecule has 130 valence electrons. The predicted octanol–water partition coefficient (Wildman–Crippen LogP) is 4.24. The van der Waals surface area contributed by atoms with Gasteiger partial charge < -0.3 is 5.32 Å². The van der Waals surface area contributed by atoms with Crippen molar-refractivity contribution in [3.8, 4) is 10.7 Å². The number of H-pyrrole nitrogens is 1. The molecule has 3 aromatic rings. The predicted molar refractivity (Wildman–Crippen MR) is 104 cm³/mol. The summed E-state index contributed by atoms with van der Waals surface area (Å²) in [5.74, 6) is 0.588. The Morgan fingerprint density at radius 2 is 2.16 bits per heavy atom. The standard InChI is InChI=1S/C17H17ClN4OS2/c1-11(16(23)19-9-8-12-4-6-13(18)7-5-12)22-15(20-21-17(22)24)14-3-2-10-25-14/h2-7,10-11H,8-9H2,1H3,(H,19,23)(H,21,24)/t11-/m1/s1. The molecule has 0 saturated carbocycles. The zero-order valence-corrected chi connectivity index (χ0v) is 15.9. The van der Waals surface area contributed by atoms with Crippen LogP contribution in [0.3, 0.4) is 0 Å². The maximum Gasteiger partial charge on any atom is 0.242 e. The maximum atomic E-state index is 12.5. The Morgan fingerprint density at radius 3 is 2.84 bits per heavy atom. The summed E-state index contributed by atoms with van der Waals surface area (Å²) in [5, 5.41) is 12.7. The number of carbonyl (C=O) groups is 1. The van der Waals surface area contributed by atoms with E-state index in [-0.39, 0.29) is 5.91 Å². The van der Waals surface area contributed by atoms with Gasteiger partial charge in [0.25, 0.3) is 0 Å². The molecule has 2 aromatic heterocycles. The summed E-state index contributed by atoms with van der Waals surface area (Å²) in [6, 6.07) is 11.1. The van der Waals surface area contributed by atoms with Gasteiger partial charge >= 0.3 is 0 Å². The van der Waals surface area contributed by atoms with Crippen molar-refractivity contribution < 1.29 is 4.79 Å². The van der Waals surface area contributed by atoms with Gasteiger partial charge in [-0.1, -0.05) is 29.8 Å². The molecule has 0 fully saturated rings. The van der Waals surface area contributed by atoms with Crippen LogP contribution in [0.2, 0.25) is 5.02 Å². The monoisotopic (exact) mass is 392 g/mol. The number of hydrogen-bond acceptors (Lipinski definition) is 4. The Labute approximate surface area is 159 Å². The fraction of sp³-hybridized carbons (Fsp3) is 0.235. The van der Waals surface area contributed by atoms with Gasteiger partial charge in [-0.2, -0.15) is 5.10 Å². The first-order valence-corrected chi connectivity index (χ1v) is 9.46. The normalized spacial score (nSPS) is 12.1. The van der Waals surface area contributed by atoms with Crippen LogP contribution in [0.5, 0.6) is 0 Å². The van der Waals surface area contributed by atoms with Crippen molar-refractivity contribution in [2.24, 2.45) is 0 Å². The van der Waals surface area contributed by atoms with Gasteiger partial charge in [0.2, 0.25) is 5.91 Å². The van der Waals surface area contributed by atoms with E-state index in [0.29, 0.717) is 22.2 Å². The maximum absolute atomic E-state index is 12.5. The van der Waals surface area contributed by atoms with Gasteiger partial charge in [-0.05, 0) is 54.7 Å². The van der Waals surface area contributed by atoms with Gasteiger partial charge in [0.15, 0.2) is 10.6 Å². The summed E-state index contributed by atoms with van der Waals surface area (Å²) in [4.78, 5) is 13.5. The van der Waals surface area contributed by atoms with E-state index < -0.39 is 6.04 Å². The highest BCUT2D eigenvalue weighted by molar-refractivity contribution is 7.71. The molecule has 1 aromatic carbocycles. The van der Waals surface area contributed by atoms with Crippen LogP contribution in [-0.2, 0) is 11.2 Å². The van der Waals surface area contributed by atoms with Gasteiger partial charge in [-0.3, -0.25) is 14.5 Å². The Bertz CT molecular complexity index is 900. The zero-order chi connectivity index (χ0) is 17.8. The largest absolute Gasteiger partial charge is 0.354 e. The minimum atomic E-state index is -0.450. The van der Waals surface area contributed by atoms with Gasteiger partial charge in [-0.25, -0.2) is 0 Å². The lowest BCUT2D eigenvalue weighted by Gasteiger charge is -2.15. The molecule has 0 aliphatic carbocycles. The zero-order valence-electron chi connectivity index (χ0n) is 13.5. The molecular formula is C17H17ClN4OS2. The molecule has 0 spiro atoms. The lowest BCUT2D eigenvalue weighted by molar-refractivity contribution is -0.123. The second-order valence-corrected chi connectivity index (χ2v) is 7.31. The van der Waals surface area contributed by atoms with Crippen molar-refractivity contribution in [3.63, 3.8) is 0 Å². The molecule has 0 bridgehead atoms. The molecule has 0 unspecified atom stereocenters. The van der Waals surface area contributed by atoms with Gasteiger partial charge in [0, 0.05) is 11.6 Å². The first-order valence-electron chi connectivity index (χ1n) is 7.79. The average Bonchev–Trinajstić information content (AvgIpc) is 3.25. The number of rotatable bonds is 6. The van der Waals surface area contributed by atoms with E-state index in [1.807, 2.05) is 48.7 Å². The number of aromatic amines is 1. The van der Waals surface area contributed by atoms with Gasteiger partial charge in [0.05, 0.1) is 4.88 Å². The van der Waals surface area contributed by atoms with Crippen LogP contribution < -0.4 is 5.32 Å². The highest BCUT2D eigenvalue weighted by atomic mass is 35.5. The molecule has 0 saturated heterocycles. The minimum absolute atomic E-state index is 0.0933. The van der Waals surface area contributed by atoms with Crippen molar-refractivity contribution in [2.75, 3.05) is 6.54 Å². The first kappa shape index (κ1) is 17.8. The topological polar surface area (TPSA) is 62.7 Å². The van der Waals surface area contributed by atoms with Crippen molar-refractivity contribution in [1.82, 2.24) is 20.1 Å². The van der Waals surface area contributed by atoms with Crippen LogP contribution in [0.15, 0.2) is 41.8 Å². The number of aromatic nitrogens is 3. The Kier molecular flexibility index (Phi) is 5.67. The number of halogens is 1. The fourth-order valence-corrected chi connectivity index (χ4v) is 3.62. The van der Waals surface area contributed by atoms with Crippen molar-refractivity contribution in [3.05, 3.63) is 57.1 Å². The summed E-state index contributed by atoms with van der Waals surface area (Å²) in [7, 11) is 0. The number of carbonyl (C=O) groups excluding carboxylic acids is 1. The molecule has 5 nitrogen and oxygen atoms in total. The summed E-state index contributed by atoms with van der Waals surface area (Å²) in [5.41, 5.74) is 1.12. The van der Waals surface area contributed by atoms with E-state index >= 15 is 0 Å². The molecule has 0 aliphatic heterocycles. The van der Waals surface area contributed by atoms with Crippen LogP contribution in [0.1, 0.15) is 18.5 Å². The van der Waals surface area contributed by atoms with Crippen LogP contribution in [-0.4, -0.2) is 27.2 Å². The Hall–Kier alpha value is -1.96.